The van der Waals surface area contributed by atoms with Crippen LogP contribution in [0, 0.1) is 0 Å². The molecule has 2 aromatic heterocycles. The number of carbonyl (C=O) groups is 1. The summed E-state index contributed by atoms with van der Waals surface area (Å²) in [4.78, 5) is 19.8. The van der Waals surface area contributed by atoms with Crippen LogP contribution in [0.15, 0.2) is 53.8 Å². The molecule has 0 aliphatic carbocycles. The molecule has 1 N–H and O–H groups in total. The second-order valence-electron chi connectivity index (χ2n) is 3.87. The molecule has 0 unspecified atom stereocenters. The van der Waals surface area contributed by atoms with E-state index >= 15 is 0 Å². The average Bonchev–Trinajstić information content (AvgIpc) is 3.17. The first-order valence-corrected chi connectivity index (χ1v) is 5.82. The molecule has 1 aromatic carbocycles. The van der Waals surface area contributed by atoms with E-state index in [0.717, 1.165) is 5.56 Å². The van der Waals surface area contributed by atoms with E-state index in [4.69, 9.17) is 4.42 Å². The molecular weight excluding hydrogens is 257 g/mol. The van der Waals surface area contributed by atoms with Gasteiger partial charge < -0.3 is 9.64 Å². The van der Waals surface area contributed by atoms with Gasteiger partial charge in [-0.3, -0.25) is 9.39 Å². The van der Waals surface area contributed by atoms with E-state index in [0.29, 0.717) is 5.76 Å². The Morgan fingerprint density at radius 1 is 1.30 bits per heavy atom. The molecule has 3 aromatic rings. The van der Waals surface area contributed by atoms with Gasteiger partial charge in [0.2, 0.25) is 0 Å². The number of nitrogens with zero attached hydrogens (tertiary/aromatic N) is 4. The molecule has 0 fully saturated rings. The molecule has 0 aliphatic rings. The first-order valence-electron chi connectivity index (χ1n) is 5.82. The van der Waals surface area contributed by atoms with Crippen molar-refractivity contribution in [1.29, 1.82) is 0 Å². The van der Waals surface area contributed by atoms with Crippen molar-refractivity contribution in [3.05, 3.63) is 55.1 Å². The van der Waals surface area contributed by atoms with Gasteiger partial charge >= 0.3 is 7.55 Å². The van der Waals surface area contributed by atoms with Gasteiger partial charge in [-0.05, 0) is 0 Å². The van der Waals surface area contributed by atoms with Gasteiger partial charge in [-0.25, -0.2) is 9.97 Å². The zero-order valence-electron chi connectivity index (χ0n) is 10.3. The molecule has 0 atom stereocenters. The van der Waals surface area contributed by atoms with E-state index in [1.165, 1.54) is 31.2 Å². The number of benzene rings is 1. The smallest absolute Gasteiger partial charge is 0.417 e. The number of carbonyl (C=O) groups excluding carboxylic acids is 1. The van der Waals surface area contributed by atoms with Crippen molar-refractivity contribution in [3.63, 3.8) is 0 Å². The highest BCUT2D eigenvalue weighted by molar-refractivity contribution is 6.36. The van der Waals surface area contributed by atoms with Crippen LogP contribution in [-0.2, 0) is 0 Å². The molecule has 7 nitrogen and oxygen atoms in total. The Labute approximate surface area is 114 Å². The first kappa shape index (κ1) is 12.2. The lowest BCUT2D eigenvalue weighted by Crippen LogP contribution is -2.33. The van der Waals surface area contributed by atoms with Crippen molar-refractivity contribution in [2.24, 2.45) is 0 Å². The number of aromatic nitrogens is 4. The van der Waals surface area contributed by atoms with E-state index in [1.54, 1.807) is 0 Å². The number of hydrogen-bond donors (Lipinski definition) is 1. The number of hydrogen-bond acceptors (Lipinski definition) is 5. The molecule has 0 aliphatic heterocycles. The lowest BCUT2D eigenvalue weighted by Gasteiger charge is -2.02. The largest absolute Gasteiger partial charge is 0.443 e. The third-order valence-electron chi connectivity index (χ3n) is 2.58. The summed E-state index contributed by atoms with van der Waals surface area (Å²) >= 11 is 0. The van der Waals surface area contributed by atoms with Crippen LogP contribution in [-0.4, -0.2) is 33.1 Å². The Bertz CT molecular complexity index is 696. The van der Waals surface area contributed by atoms with E-state index in [-0.39, 0.29) is 11.6 Å². The summed E-state index contributed by atoms with van der Waals surface area (Å²) in [6, 6.07) is 9.30. The van der Waals surface area contributed by atoms with Crippen LogP contribution in [0.1, 0.15) is 10.5 Å². The van der Waals surface area contributed by atoms with Gasteiger partial charge in [0.15, 0.2) is 17.8 Å². The Morgan fingerprint density at radius 3 is 2.90 bits per heavy atom. The second kappa shape index (κ2) is 5.39. The first-order chi connectivity index (χ1) is 9.84. The zero-order chi connectivity index (χ0) is 13.8. The molecule has 0 bridgehead atoms. The van der Waals surface area contributed by atoms with Crippen molar-refractivity contribution < 1.29 is 9.21 Å². The molecule has 2 heterocycles. The topological polar surface area (TPSA) is 85.8 Å². The Hall–Kier alpha value is -2.90. The maximum Gasteiger partial charge on any atom is 0.417 e. The minimum absolute atomic E-state index is 0.215. The highest BCUT2D eigenvalue weighted by Crippen LogP contribution is 2.22. The van der Waals surface area contributed by atoms with Crippen LogP contribution < -0.4 is 5.23 Å². The molecule has 0 saturated heterocycles. The molecule has 97 valence electrons. The Kier molecular flexibility index (Phi) is 3.28. The molecule has 0 spiro atoms. The van der Waals surface area contributed by atoms with Crippen LogP contribution in [0.5, 0.6) is 0 Å². The SMILES string of the molecule is O=C(N[B]n1cncn1)c1ncoc1-c1ccccc1. The number of amides is 1. The molecule has 1 amide bonds. The van der Waals surface area contributed by atoms with Gasteiger partial charge in [0.05, 0.1) is 0 Å². The molecule has 20 heavy (non-hydrogen) atoms. The van der Waals surface area contributed by atoms with Crippen molar-refractivity contribution >= 4 is 13.5 Å². The minimum Gasteiger partial charge on any atom is -0.443 e. The van der Waals surface area contributed by atoms with Gasteiger partial charge in [-0.15, -0.1) is 0 Å². The quantitative estimate of drug-likeness (QED) is 0.704. The number of rotatable bonds is 4. The third kappa shape index (κ3) is 2.44. The van der Waals surface area contributed by atoms with Crippen molar-refractivity contribution in [2.45, 2.75) is 0 Å². The summed E-state index contributed by atoms with van der Waals surface area (Å²) in [6.45, 7) is 0. The molecule has 3 rings (SSSR count). The van der Waals surface area contributed by atoms with Crippen LogP contribution in [0.3, 0.4) is 0 Å². The average molecular weight is 266 g/mol. The monoisotopic (exact) mass is 266 g/mol. The maximum atomic E-state index is 12.1. The Morgan fingerprint density at radius 2 is 2.15 bits per heavy atom. The fraction of sp³-hybridized carbons (Fsp3) is 0. The number of oxazole rings is 1. The highest BCUT2D eigenvalue weighted by atomic mass is 16.3. The van der Waals surface area contributed by atoms with Crippen molar-refractivity contribution in [1.82, 2.24) is 24.9 Å². The van der Waals surface area contributed by atoms with E-state index < -0.39 is 0 Å². The third-order valence-corrected chi connectivity index (χ3v) is 2.58. The lowest BCUT2D eigenvalue weighted by molar-refractivity contribution is 0.0976. The Balaban J connectivity index is 1.77. The summed E-state index contributed by atoms with van der Waals surface area (Å²) in [5, 5.41) is 6.41. The van der Waals surface area contributed by atoms with Crippen LogP contribution >= 0.6 is 0 Å². The van der Waals surface area contributed by atoms with Gasteiger partial charge in [-0.1, -0.05) is 30.3 Å². The van der Waals surface area contributed by atoms with E-state index in [9.17, 15) is 4.79 Å². The summed E-state index contributed by atoms with van der Waals surface area (Å²) in [5.41, 5.74) is 1.00. The lowest BCUT2D eigenvalue weighted by atomic mass is 10.1. The zero-order valence-corrected chi connectivity index (χ0v) is 10.3. The van der Waals surface area contributed by atoms with Crippen LogP contribution in [0.2, 0.25) is 0 Å². The molecular formula is C12H9BN5O2. The van der Waals surface area contributed by atoms with Gasteiger partial charge in [0, 0.05) is 5.56 Å². The van der Waals surface area contributed by atoms with Crippen molar-refractivity contribution in [2.75, 3.05) is 0 Å². The summed E-state index contributed by atoms with van der Waals surface area (Å²) in [7, 11) is 1.39. The van der Waals surface area contributed by atoms with Crippen molar-refractivity contribution in [3.8, 4) is 11.3 Å². The predicted octanol–water partition coefficient (Wildman–Crippen LogP) is 0.745. The van der Waals surface area contributed by atoms with Gasteiger partial charge in [0.25, 0.3) is 5.91 Å². The van der Waals surface area contributed by atoms with Gasteiger partial charge in [-0.2, -0.15) is 5.10 Å². The standard InChI is InChI=1S/C12H9BN5O2/c19-12(17-13-18-7-14-6-16-18)10-11(20-8-15-10)9-4-2-1-3-5-9/h1-8H,(H,17,19). The maximum absolute atomic E-state index is 12.1. The second-order valence-corrected chi connectivity index (χ2v) is 3.87. The highest BCUT2D eigenvalue weighted by Gasteiger charge is 2.18. The van der Waals surface area contributed by atoms with Crippen LogP contribution in [0.4, 0.5) is 0 Å². The fourth-order valence-electron chi connectivity index (χ4n) is 1.68. The molecule has 0 saturated carbocycles. The summed E-state index contributed by atoms with van der Waals surface area (Å²) < 4.78 is 6.66. The molecule has 8 heteroatoms. The predicted molar refractivity (Wildman–Crippen MR) is 70.6 cm³/mol. The number of nitrogens with one attached hydrogen (secondary N) is 1. The van der Waals surface area contributed by atoms with Gasteiger partial charge in [0.1, 0.15) is 12.7 Å². The van der Waals surface area contributed by atoms with Crippen LogP contribution in [0.25, 0.3) is 11.3 Å². The summed E-state index contributed by atoms with van der Waals surface area (Å²) in [6.07, 6.45) is 4.07. The fourth-order valence-corrected chi connectivity index (χ4v) is 1.68. The normalized spacial score (nSPS) is 10.2. The molecule has 1 radical (unpaired) electrons. The summed E-state index contributed by atoms with van der Waals surface area (Å²) in [5.74, 6) is 0.0446. The van der Waals surface area contributed by atoms with E-state index in [2.05, 4.69) is 20.3 Å². The van der Waals surface area contributed by atoms with E-state index in [1.807, 2.05) is 30.3 Å². The minimum atomic E-state index is -0.381.